The van der Waals surface area contributed by atoms with Gasteiger partial charge in [0.25, 0.3) is 5.91 Å². The van der Waals surface area contributed by atoms with Crippen molar-refractivity contribution in [3.05, 3.63) is 28.8 Å². The second kappa shape index (κ2) is 6.91. The third kappa shape index (κ3) is 3.86. The highest BCUT2D eigenvalue weighted by atomic mass is 16.5. The van der Waals surface area contributed by atoms with Crippen LogP contribution in [0.4, 0.5) is 0 Å². The maximum Gasteiger partial charge on any atom is 0.257 e. The summed E-state index contributed by atoms with van der Waals surface area (Å²) >= 11 is 0. The average Bonchev–Trinajstić information content (AvgIpc) is 2.52. The lowest BCUT2D eigenvalue weighted by atomic mass is 9.83. The van der Waals surface area contributed by atoms with Gasteiger partial charge < -0.3 is 14.4 Å². The molecular formula is C19H29NO3. The van der Waals surface area contributed by atoms with Crippen molar-refractivity contribution in [2.45, 2.75) is 46.0 Å². The fourth-order valence-electron chi connectivity index (χ4n) is 2.84. The molecule has 0 radical (unpaired) electrons. The monoisotopic (exact) mass is 319 g/mol. The van der Waals surface area contributed by atoms with Gasteiger partial charge >= 0.3 is 0 Å². The molecule has 0 bridgehead atoms. The molecular weight excluding hydrogens is 290 g/mol. The first-order valence-corrected chi connectivity index (χ1v) is 8.35. The van der Waals surface area contributed by atoms with E-state index in [0.717, 1.165) is 5.56 Å². The van der Waals surface area contributed by atoms with E-state index in [1.807, 2.05) is 11.0 Å². The zero-order valence-electron chi connectivity index (χ0n) is 15.2. The molecule has 1 aromatic carbocycles. The molecule has 4 nitrogen and oxygen atoms in total. The third-order valence-corrected chi connectivity index (χ3v) is 4.34. The van der Waals surface area contributed by atoms with Gasteiger partial charge in [-0.3, -0.25) is 4.79 Å². The van der Waals surface area contributed by atoms with Crippen LogP contribution in [0.25, 0.3) is 0 Å². The van der Waals surface area contributed by atoms with E-state index in [9.17, 15) is 4.79 Å². The van der Waals surface area contributed by atoms with E-state index in [-0.39, 0.29) is 11.3 Å². The largest absolute Gasteiger partial charge is 0.496 e. The highest BCUT2D eigenvalue weighted by Gasteiger charge is 2.27. The number of nitrogens with zero attached hydrogens (tertiary/aromatic N) is 1. The normalized spacial score (nSPS) is 15.9. The summed E-state index contributed by atoms with van der Waals surface area (Å²) in [7, 11) is 1.65. The molecule has 1 fully saturated rings. The highest BCUT2D eigenvalue weighted by Crippen LogP contribution is 2.36. The van der Waals surface area contributed by atoms with Gasteiger partial charge in [-0.05, 0) is 28.5 Å². The summed E-state index contributed by atoms with van der Waals surface area (Å²) in [6, 6.07) is 4.18. The molecule has 1 saturated heterocycles. The van der Waals surface area contributed by atoms with Crippen molar-refractivity contribution < 1.29 is 14.3 Å². The van der Waals surface area contributed by atoms with Crippen LogP contribution in [0.1, 0.15) is 62.0 Å². The van der Waals surface area contributed by atoms with Gasteiger partial charge in [0, 0.05) is 13.1 Å². The summed E-state index contributed by atoms with van der Waals surface area (Å²) in [6.07, 6.45) is 0. The van der Waals surface area contributed by atoms with Crippen molar-refractivity contribution in [1.82, 2.24) is 4.90 Å². The topological polar surface area (TPSA) is 38.8 Å². The maximum atomic E-state index is 13.0. The van der Waals surface area contributed by atoms with Gasteiger partial charge in [0.05, 0.1) is 25.9 Å². The molecule has 1 aliphatic rings. The minimum absolute atomic E-state index is 0.0179. The summed E-state index contributed by atoms with van der Waals surface area (Å²) in [5.41, 5.74) is 2.91. The molecule has 1 amide bonds. The Hall–Kier alpha value is -1.55. The molecule has 23 heavy (non-hydrogen) atoms. The number of hydrogen-bond acceptors (Lipinski definition) is 3. The van der Waals surface area contributed by atoms with Crippen LogP contribution < -0.4 is 4.74 Å². The smallest absolute Gasteiger partial charge is 0.257 e. The van der Waals surface area contributed by atoms with E-state index in [1.165, 1.54) is 5.56 Å². The van der Waals surface area contributed by atoms with Crippen LogP contribution in [-0.4, -0.2) is 44.2 Å². The minimum Gasteiger partial charge on any atom is -0.496 e. The molecule has 1 aromatic rings. The molecule has 0 N–H and O–H groups in total. The zero-order chi connectivity index (χ0) is 17.2. The predicted octanol–water partition coefficient (Wildman–Crippen LogP) is 3.59. The Morgan fingerprint density at radius 2 is 1.83 bits per heavy atom. The van der Waals surface area contributed by atoms with Crippen LogP contribution in [0, 0.1) is 0 Å². The van der Waals surface area contributed by atoms with E-state index in [2.05, 4.69) is 40.7 Å². The van der Waals surface area contributed by atoms with Gasteiger partial charge in [0.2, 0.25) is 0 Å². The fourth-order valence-corrected chi connectivity index (χ4v) is 2.84. The van der Waals surface area contributed by atoms with Crippen LogP contribution in [0.15, 0.2) is 12.1 Å². The fraction of sp³-hybridized carbons (Fsp3) is 0.632. The Bertz CT molecular complexity index is 567. The predicted molar refractivity (Wildman–Crippen MR) is 92.5 cm³/mol. The lowest BCUT2D eigenvalue weighted by Gasteiger charge is -2.29. The summed E-state index contributed by atoms with van der Waals surface area (Å²) in [4.78, 5) is 14.9. The third-order valence-electron chi connectivity index (χ3n) is 4.34. The number of hydrogen-bond donors (Lipinski definition) is 0. The molecule has 0 unspecified atom stereocenters. The second-order valence-electron chi connectivity index (χ2n) is 7.46. The SMILES string of the molecule is COc1c(C(=O)N2CCOCC2)cc(C(C)(C)C)cc1C(C)C. The summed E-state index contributed by atoms with van der Waals surface area (Å²) in [6.45, 7) is 13.2. The Labute approximate surface area is 139 Å². The second-order valence-corrected chi connectivity index (χ2v) is 7.46. The first kappa shape index (κ1) is 17.8. The summed E-state index contributed by atoms with van der Waals surface area (Å²) in [5, 5.41) is 0. The quantitative estimate of drug-likeness (QED) is 0.854. The molecule has 0 spiro atoms. The number of amides is 1. The Morgan fingerprint density at radius 1 is 1.22 bits per heavy atom. The summed E-state index contributed by atoms with van der Waals surface area (Å²) in [5.74, 6) is 1.05. The lowest BCUT2D eigenvalue weighted by Crippen LogP contribution is -2.41. The number of benzene rings is 1. The molecule has 1 heterocycles. The number of carbonyl (C=O) groups excluding carboxylic acids is 1. The van der Waals surface area contributed by atoms with Crippen molar-refractivity contribution in [1.29, 1.82) is 0 Å². The zero-order valence-corrected chi connectivity index (χ0v) is 15.2. The Morgan fingerprint density at radius 3 is 2.30 bits per heavy atom. The van der Waals surface area contributed by atoms with E-state index in [0.29, 0.717) is 43.5 Å². The molecule has 0 aliphatic carbocycles. The number of ether oxygens (including phenoxy) is 2. The van der Waals surface area contributed by atoms with Crippen LogP contribution in [0.3, 0.4) is 0 Å². The van der Waals surface area contributed by atoms with E-state index >= 15 is 0 Å². The van der Waals surface area contributed by atoms with Crippen molar-refractivity contribution in [2.75, 3.05) is 33.4 Å². The van der Waals surface area contributed by atoms with E-state index in [1.54, 1.807) is 7.11 Å². The van der Waals surface area contributed by atoms with Crippen LogP contribution in [0.5, 0.6) is 5.75 Å². The molecule has 128 valence electrons. The van der Waals surface area contributed by atoms with Crippen molar-refractivity contribution >= 4 is 5.91 Å². The molecule has 4 heteroatoms. The molecule has 1 aliphatic heterocycles. The first-order valence-electron chi connectivity index (χ1n) is 8.35. The summed E-state index contributed by atoms with van der Waals surface area (Å²) < 4.78 is 11.0. The van der Waals surface area contributed by atoms with E-state index in [4.69, 9.17) is 9.47 Å². The average molecular weight is 319 g/mol. The Kier molecular flexibility index (Phi) is 5.35. The van der Waals surface area contributed by atoms with Crippen molar-refractivity contribution in [3.8, 4) is 5.75 Å². The molecule has 0 atom stereocenters. The lowest BCUT2D eigenvalue weighted by molar-refractivity contribution is 0.0300. The molecule has 0 aromatic heterocycles. The minimum atomic E-state index is -0.0179. The van der Waals surface area contributed by atoms with Gasteiger partial charge in [-0.15, -0.1) is 0 Å². The maximum absolute atomic E-state index is 13.0. The van der Waals surface area contributed by atoms with Gasteiger partial charge in [0.1, 0.15) is 5.75 Å². The Balaban J connectivity index is 2.54. The van der Waals surface area contributed by atoms with Crippen LogP contribution in [-0.2, 0) is 10.2 Å². The van der Waals surface area contributed by atoms with E-state index < -0.39 is 0 Å². The highest BCUT2D eigenvalue weighted by molar-refractivity contribution is 5.98. The van der Waals surface area contributed by atoms with Crippen molar-refractivity contribution in [2.24, 2.45) is 0 Å². The van der Waals surface area contributed by atoms with Gasteiger partial charge in [-0.25, -0.2) is 0 Å². The van der Waals surface area contributed by atoms with Gasteiger partial charge in [-0.1, -0.05) is 40.7 Å². The van der Waals surface area contributed by atoms with Crippen LogP contribution in [0.2, 0.25) is 0 Å². The standard InChI is InChI=1S/C19H29NO3/c1-13(2)15-11-14(19(3,4)5)12-16(17(15)22-6)18(21)20-7-9-23-10-8-20/h11-13H,7-10H2,1-6H3. The number of rotatable bonds is 3. The number of carbonyl (C=O) groups is 1. The van der Waals surface area contributed by atoms with Gasteiger partial charge in [0.15, 0.2) is 0 Å². The first-order chi connectivity index (χ1) is 10.8. The van der Waals surface area contributed by atoms with Gasteiger partial charge in [-0.2, -0.15) is 0 Å². The van der Waals surface area contributed by atoms with Crippen LogP contribution >= 0.6 is 0 Å². The molecule has 0 saturated carbocycles. The number of morpholine rings is 1. The van der Waals surface area contributed by atoms with Crippen molar-refractivity contribution in [3.63, 3.8) is 0 Å². The molecule has 2 rings (SSSR count). The number of methoxy groups -OCH3 is 1.